The molecule has 0 bridgehead atoms. The number of halogens is 1. The van der Waals surface area contributed by atoms with Gasteiger partial charge >= 0.3 is 0 Å². The van der Waals surface area contributed by atoms with E-state index in [-0.39, 0.29) is 0 Å². The van der Waals surface area contributed by atoms with E-state index in [1.54, 1.807) is 12.1 Å². The molecule has 2 rings (SSSR count). The number of carbonyl (C=O) groups excluding carboxylic acids is 2. The van der Waals surface area contributed by atoms with Crippen LogP contribution < -0.4 is 11.1 Å². The van der Waals surface area contributed by atoms with Crippen molar-refractivity contribution in [3.63, 3.8) is 0 Å². The van der Waals surface area contributed by atoms with Gasteiger partial charge in [0, 0.05) is 28.9 Å². The molecule has 8 heteroatoms. The maximum atomic E-state index is 12.8. The van der Waals surface area contributed by atoms with Crippen molar-refractivity contribution in [1.82, 2.24) is 4.98 Å². The van der Waals surface area contributed by atoms with Gasteiger partial charge < -0.3 is 11.1 Å². The van der Waals surface area contributed by atoms with Gasteiger partial charge in [0.2, 0.25) is 11.8 Å². The van der Waals surface area contributed by atoms with Crippen LogP contribution >= 0.6 is 0 Å². The van der Waals surface area contributed by atoms with Gasteiger partial charge in [0.15, 0.2) is 0 Å². The number of rotatable bonds is 6. The van der Waals surface area contributed by atoms with Gasteiger partial charge in [-0.3, -0.25) is 18.8 Å². The van der Waals surface area contributed by atoms with Gasteiger partial charge in [0.25, 0.3) is 0 Å². The van der Waals surface area contributed by atoms with E-state index in [0.717, 1.165) is 0 Å². The van der Waals surface area contributed by atoms with Gasteiger partial charge in [-0.1, -0.05) is 6.07 Å². The summed E-state index contributed by atoms with van der Waals surface area (Å²) in [6.07, 6.45) is 2.89. The molecule has 6 nitrogen and oxygen atoms in total. The maximum Gasteiger partial charge on any atom is 0.237 e. The monoisotopic (exact) mass is 335 g/mol. The summed E-state index contributed by atoms with van der Waals surface area (Å²) in [5.74, 6) is -2.21. The predicted octanol–water partition coefficient (Wildman–Crippen LogP) is 1.13. The van der Waals surface area contributed by atoms with E-state index in [9.17, 15) is 18.2 Å². The van der Waals surface area contributed by atoms with E-state index in [1.165, 1.54) is 36.7 Å². The molecule has 2 unspecified atom stereocenters. The van der Waals surface area contributed by atoms with Crippen LogP contribution in [0, 0.1) is 5.82 Å². The molecule has 1 aromatic carbocycles. The second kappa shape index (κ2) is 7.59. The molecule has 0 aliphatic rings. The van der Waals surface area contributed by atoms with Crippen molar-refractivity contribution >= 4 is 28.3 Å². The zero-order valence-corrected chi connectivity index (χ0v) is 12.8. The fourth-order valence-corrected chi connectivity index (χ4v) is 3.12. The summed E-state index contributed by atoms with van der Waals surface area (Å²) < 4.78 is 25.1. The first-order valence-electron chi connectivity index (χ1n) is 6.59. The van der Waals surface area contributed by atoms with Crippen LogP contribution in [0.25, 0.3) is 0 Å². The lowest BCUT2D eigenvalue weighted by Crippen LogP contribution is -2.30. The molecule has 120 valence electrons. The van der Waals surface area contributed by atoms with E-state index >= 15 is 0 Å². The van der Waals surface area contributed by atoms with Crippen molar-refractivity contribution in [3.8, 4) is 0 Å². The van der Waals surface area contributed by atoms with Gasteiger partial charge in [-0.15, -0.1) is 0 Å². The minimum atomic E-state index is -1.85. The number of nitrogens with zero attached hydrogens (tertiary/aromatic N) is 1. The maximum absolute atomic E-state index is 12.8. The molecule has 2 aromatic rings. The first-order chi connectivity index (χ1) is 11.0. The Morgan fingerprint density at radius 3 is 2.52 bits per heavy atom. The van der Waals surface area contributed by atoms with Crippen LogP contribution in [0.4, 0.5) is 10.1 Å². The van der Waals surface area contributed by atoms with Crippen LogP contribution in [0.15, 0.2) is 48.8 Å². The van der Waals surface area contributed by atoms with Crippen molar-refractivity contribution in [1.29, 1.82) is 0 Å². The number of benzene rings is 1. The lowest BCUT2D eigenvalue weighted by Gasteiger charge is -2.13. The molecule has 2 amide bonds. The van der Waals surface area contributed by atoms with Crippen LogP contribution in [0.3, 0.4) is 0 Å². The summed E-state index contributed by atoms with van der Waals surface area (Å²) in [5.41, 5.74) is 6.03. The fraction of sp³-hybridized carbons (Fsp3) is 0.133. The third-order valence-electron chi connectivity index (χ3n) is 2.91. The Bertz CT molecular complexity index is 723. The Labute approximate surface area is 134 Å². The van der Waals surface area contributed by atoms with E-state index in [2.05, 4.69) is 10.3 Å². The molecule has 0 fully saturated rings. The number of hydrogen-bond acceptors (Lipinski definition) is 4. The van der Waals surface area contributed by atoms with Crippen molar-refractivity contribution in [2.75, 3.05) is 11.1 Å². The summed E-state index contributed by atoms with van der Waals surface area (Å²) in [7, 11) is -1.85. The lowest BCUT2D eigenvalue weighted by molar-refractivity contribution is -0.117. The number of aromatic nitrogens is 1. The smallest absolute Gasteiger partial charge is 0.237 e. The van der Waals surface area contributed by atoms with Crippen LogP contribution in [-0.2, 0) is 20.4 Å². The SMILES string of the molecule is NC(=O)C(c1cccnc1)S(=O)CC(=O)Nc1ccc(F)cc1. The Morgan fingerprint density at radius 2 is 1.96 bits per heavy atom. The van der Waals surface area contributed by atoms with Gasteiger partial charge in [-0.2, -0.15) is 0 Å². The first kappa shape index (κ1) is 16.8. The molecule has 0 radical (unpaired) electrons. The third-order valence-corrected chi connectivity index (χ3v) is 4.49. The van der Waals surface area contributed by atoms with Gasteiger partial charge in [0.05, 0.1) is 0 Å². The topological polar surface area (TPSA) is 102 Å². The highest BCUT2D eigenvalue weighted by atomic mass is 32.2. The minimum absolute atomic E-state index is 0.366. The number of amides is 2. The van der Waals surface area contributed by atoms with E-state index in [0.29, 0.717) is 11.3 Å². The molecule has 0 aliphatic carbocycles. The van der Waals surface area contributed by atoms with Crippen LogP contribution in [-0.4, -0.2) is 26.8 Å². The number of nitrogens with one attached hydrogen (secondary N) is 1. The molecule has 0 saturated carbocycles. The zero-order chi connectivity index (χ0) is 16.8. The van der Waals surface area contributed by atoms with E-state index in [1.807, 2.05) is 0 Å². The highest BCUT2D eigenvalue weighted by molar-refractivity contribution is 7.86. The van der Waals surface area contributed by atoms with Crippen molar-refractivity contribution < 1.29 is 18.2 Å². The standard InChI is InChI=1S/C15H14FN3O3S/c16-11-3-5-12(6-4-11)19-13(20)9-23(22)14(15(17)21)10-2-1-7-18-8-10/h1-8,14H,9H2,(H2,17,21)(H,19,20). The second-order valence-corrected chi connectivity index (χ2v) is 6.17. The van der Waals surface area contributed by atoms with Gasteiger partial charge in [0.1, 0.15) is 16.8 Å². The van der Waals surface area contributed by atoms with Crippen LogP contribution in [0.5, 0.6) is 0 Å². The summed E-state index contributed by atoms with van der Waals surface area (Å²) in [6, 6.07) is 8.29. The Balaban J connectivity index is 2.05. The summed E-state index contributed by atoms with van der Waals surface area (Å²) in [6.45, 7) is 0. The van der Waals surface area contributed by atoms with E-state index in [4.69, 9.17) is 5.73 Å². The molecule has 23 heavy (non-hydrogen) atoms. The number of primary amides is 1. The van der Waals surface area contributed by atoms with Crippen LogP contribution in [0.1, 0.15) is 10.8 Å². The van der Waals surface area contributed by atoms with Gasteiger partial charge in [-0.25, -0.2) is 4.39 Å². The summed E-state index contributed by atoms with van der Waals surface area (Å²) in [4.78, 5) is 27.3. The average molecular weight is 335 g/mol. The Hall–Kier alpha value is -2.61. The number of hydrogen-bond donors (Lipinski definition) is 2. The van der Waals surface area contributed by atoms with Crippen molar-refractivity contribution in [3.05, 3.63) is 60.2 Å². The predicted molar refractivity (Wildman–Crippen MR) is 84.2 cm³/mol. The number of anilines is 1. The van der Waals surface area contributed by atoms with Crippen LogP contribution in [0.2, 0.25) is 0 Å². The van der Waals surface area contributed by atoms with Crippen molar-refractivity contribution in [2.45, 2.75) is 5.25 Å². The number of carbonyl (C=O) groups is 2. The highest BCUT2D eigenvalue weighted by Crippen LogP contribution is 2.19. The summed E-state index contributed by atoms with van der Waals surface area (Å²) >= 11 is 0. The number of pyridine rings is 1. The highest BCUT2D eigenvalue weighted by Gasteiger charge is 2.26. The first-order valence-corrected chi connectivity index (χ1v) is 7.97. The molecular formula is C15H14FN3O3S. The summed E-state index contributed by atoms with van der Waals surface area (Å²) in [5, 5.41) is 1.36. The molecule has 0 spiro atoms. The molecule has 1 aromatic heterocycles. The molecule has 0 saturated heterocycles. The van der Waals surface area contributed by atoms with E-state index < -0.39 is 39.4 Å². The quantitative estimate of drug-likeness (QED) is 0.826. The normalized spacial score (nSPS) is 13.1. The Kier molecular flexibility index (Phi) is 5.53. The fourth-order valence-electron chi connectivity index (χ4n) is 1.92. The zero-order valence-electron chi connectivity index (χ0n) is 11.9. The second-order valence-electron chi connectivity index (χ2n) is 4.65. The molecule has 3 N–H and O–H groups in total. The van der Waals surface area contributed by atoms with Gasteiger partial charge in [-0.05, 0) is 35.9 Å². The lowest BCUT2D eigenvalue weighted by atomic mass is 10.2. The molecule has 2 atom stereocenters. The molecule has 0 aliphatic heterocycles. The molecular weight excluding hydrogens is 321 g/mol. The third kappa shape index (κ3) is 4.68. The number of nitrogens with two attached hydrogens (primary N) is 1. The molecule has 1 heterocycles. The Morgan fingerprint density at radius 1 is 1.26 bits per heavy atom. The minimum Gasteiger partial charge on any atom is -0.368 e. The largest absolute Gasteiger partial charge is 0.368 e. The average Bonchev–Trinajstić information content (AvgIpc) is 2.50. The van der Waals surface area contributed by atoms with Crippen molar-refractivity contribution in [2.24, 2.45) is 5.73 Å².